The Balaban J connectivity index is 1.96. The van der Waals surface area contributed by atoms with Gasteiger partial charge in [-0.1, -0.05) is 42.5 Å². The molecule has 0 aliphatic carbocycles. The fraction of sp³-hybridized carbons (Fsp3) is 0.0556. The highest BCUT2D eigenvalue weighted by atomic mass is 16.5. The molecule has 0 amide bonds. The highest BCUT2D eigenvalue weighted by Crippen LogP contribution is 2.28. The van der Waals surface area contributed by atoms with E-state index in [0.29, 0.717) is 6.01 Å². The van der Waals surface area contributed by atoms with Crippen molar-refractivity contribution in [2.45, 2.75) is 0 Å². The number of hydrogen-bond donors (Lipinski definition) is 0. The summed E-state index contributed by atoms with van der Waals surface area (Å²) in [6.07, 6.45) is 3.52. The third-order valence-corrected chi connectivity index (χ3v) is 3.69. The maximum atomic E-state index is 5.10. The normalized spacial score (nSPS) is 11.0. The maximum absolute atomic E-state index is 5.10. The predicted octanol–water partition coefficient (Wildman–Crippen LogP) is 3.85. The molecule has 0 radical (unpaired) electrons. The smallest absolute Gasteiger partial charge is 0.316 e. The third kappa shape index (κ3) is 2.05. The minimum atomic E-state index is 0.363. The van der Waals surface area contributed by atoms with Crippen LogP contribution in [0.5, 0.6) is 6.01 Å². The Bertz CT molecular complexity index is 977. The first-order valence-electron chi connectivity index (χ1n) is 7.00. The largest absolute Gasteiger partial charge is 0.467 e. The van der Waals surface area contributed by atoms with Crippen LogP contribution in [0, 0.1) is 0 Å². The van der Waals surface area contributed by atoms with Crippen LogP contribution in [0.15, 0.2) is 60.9 Å². The fourth-order valence-electron chi connectivity index (χ4n) is 2.60. The molecule has 4 nitrogen and oxygen atoms in total. The van der Waals surface area contributed by atoms with Crippen LogP contribution in [-0.2, 0) is 0 Å². The van der Waals surface area contributed by atoms with E-state index in [0.717, 1.165) is 22.2 Å². The molecule has 0 bridgehead atoms. The predicted molar refractivity (Wildman–Crippen MR) is 86.8 cm³/mol. The first-order valence-corrected chi connectivity index (χ1v) is 7.00. The van der Waals surface area contributed by atoms with Gasteiger partial charge >= 0.3 is 6.01 Å². The van der Waals surface area contributed by atoms with E-state index in [-0.39, 0.29) is 0 Å². The van der Waals surface area contributed by atoms with E-state index < -0.39 is 0 Å². The second-order valence-corrected chi connectivity index (χ2v) is 5.01. The number of aromatic nitrogens is 3. The van der Waals surface area contributed by atoms with Gasteiger partial charge < -0.3 is 4.74 Å². The number of pyridine rings is 1. The first kappa shape index (κ1) is 12.7. The lowest BCUT2D eigenvalue weighted by Crippen LogP contribution is -1.93. The van der Waals surface area contributed by atoms with Crippen LogP contribution in [0.2, 0.25) is 0 Å². The second-order valence-electron chi connectivity index (χ2n) is 5.01. The lowest BCUT2D eigenvalue weighted by atomic mass is 10.0. The van der Waals surface area contributed by atoms with Crippen LogP contribution in [0.4, 0.5) is 0 Å². The van der Waals surface area contributed by atoms with Crippen molar-refractivity contribution in [3.8, 4) is 17.3 Å². The number of rotatable bonds is 2. The Morgan fingerprint density at radius 2 is 1.68 bits per heavy atom. The summed E-state index contributed by atoms with van der Waals surface area (Å²) in [5, 5.41) is 3.27. The van der Waals surface area contributed by atoms with Gasteiger partial charge in [-0.25, -0.2) is 4.98 Å². The summed E-state index contributed by atoms with van der Waals surface area (Å²) in [4.78, 5) is 13.1. The van der Waals surface area contributed by atoms with Crippen molar-refractivity contribution in [2.24, 2.45) is 0 Å². The summed E-state index contributed by atoms with van der Waals surface area (Å²) in [6, 6.07) is 16.9. The van der Waals surface area contributed by atoms with Crippen LogP contribution in [0.3, 0.4) is 0 Å². The summed E-state index contributed by atoms with van der Waals surface area (Å²) < 4.78 is 5.10. The topological polar surface area (TPSA) is 47.9 Å². The summed E-state index contributed by atoms with van der Waals surface area (Å²) in [7, 11) is 1.56. The summed E-state index contributed by atoms with van der Waals surface area (Å²) in [5.74, 6) is 0. The lowest BCUT2D eigenvalue weighted by molar-refractivity contribution is 0.382. The minimum Gasteiger partial charge on any atom is -0.467 e. The Labute approximate surface area is 127 Å². The molecule has 4 aromatic rings. The maximum Gasteiger partial charge on any atom is 0.316 e. The molecule has 22 heavy (non-hydrogen) atoms. The van der Waals surface area contributed by atoms with Crippen molar-refractivity contribution < 1.29 is 4.74 Å². The van der Waals surface area contributed by atoms with Gasteiger partial charge in [0.1, 0.15) is 0 Å². The zero-order chi connectivity index (χ0) is 14.9. The zero-order valence-corrected chi connectivity index (χ0v) is 12.0. The van der Waals surface area contributed by atoms with Crippen molar-refractivity contribution in [3.05, 3.63) is 60.9 Å². The number of benzene rings is 2. The molecule has 2 aromatic heterocycles. The third-order valence-electron chi connectivity index (χ3n) is 3.69. The van der Waals surface area contributed by atoms with E-state index in [1.165, 1.54) is 10.8 Å². The number of fused-ring (bicyclic) bond motifs is 2. The molecule has 0 N–H and O–H groups in total. The monoisotopic (exact) mass is 287 g/mol. The van der Waals surface area contributed by atoms with E-state index in [2.05, 4.69) is 39.2 Å². The standard InChI is InChI=1S/C18H13N3O/c1-22-18-20-11-13-10-19-17(9-16(13)21-18)15-8-4-6-12-5-2-3-7-14(12)15/h2-11H,1H3. The van der Waals surface area contributed by atoms with Gasteiger partial charge in [-0.2, -0.15) is 4.98 Å². The SMILES string of the molecule is COc1ncc2cnc(-c3cccc4ccccc34)cc2n1. The molecule has 0 saturated heterocycles. The number of hydrogen-bond acceptors (Lipinski definition) is 4. The van der Waals surface area contributed by atoms with E-state index in [4.69, 9.17) is 4.74 Å². The van der Waals surface area contributed by atoms with E-state index in [1.807, 2.05) is 24.3 Å². The Hall–Kier alpha value is -3.01. The van der Waals surface area contributed by atoms with E-state index >= 15 is 0 Å². The van der Waals surface area contributed by atoms with Gasteiger partial charge in [0.25, 0.3) is 0 Å². The Morgan fingerprint density at radius 3 is 2.59 bits per heavy atom. The summed E-state index contributed by atoms with van der Waals surface area (Å²) in [6.45, 7) is 0. The molecule has 0 saturated carbocycles. The van der Waals surface area contributed by atoms with Crippen LogP contribution in [0.1, 0.15) is 0 Å². The minimum absolute atomic E-state index is 0.363. The van der Waals surface area contributed by atoms with Crippen molar-refractivity contribution >= 4 is 21.7 Å². The molecular weight excluding hydrogens is 274 g/mol. The van der Waals surface area contributed by atoms with Gasteiger partial charge in [-0.05, 0) is 16.8 Å². The average molecular weight is 287 g/mol. The van der Waals surface area contributed by atoms with Crippen molar-refractivity contribution in [3.63, 3.8) is 0 Å². The molecule has 0 atom stereocenters. The summed E-state index contributed by atoms with van der Waals surface area (Å²) >= 11 is 0. The van der Waals surface area contributed by atoms with E-state index in [1.54, 1.807) is 19.5 Å². The molecule has 0 spiro atoms. The number of methoxy groups -OCH3 is 1. The lowest BCUT2D eigenvalue weighted by Gasteiger charge is -2.07. The molecule has 2 aromatic carbocycles. The molecule has 0 aliphatic rings. The molecule has 0 aliphatic heterocycles. The van der Waals surface area contributed by atoms with Crippen LogP contribution >= 0.6 is 0 Å². The zero-order valence-electron chi connectivity index (χ0n) is 12.0. The first-order chi connectivity index (χ1) is 10.8. The fourth-order valence-corrected chi connectivity index (χ4v) is 2.60. The highest BCUT2D eigenvalue weighted by molar-refractivity contribution is 5.97. The van der Waals surface area contributed by atoms with Crippen LogP contribution in [-0.4, -0.2) is 22.1 Å². The van der Waals surface area contributed by atoms with Crippen molar-refractivity contribution in [1.29, 1.82) is 0 Å². The molecule has 4 heteroatoms. The van der Waals surface area contributed by atoms with Crippen LogP contribution < -0.4 is 4.74 Å². The average Bonchev–Trinajstić information content (AvgIpc) is 2.60. The van der Waals surface area contributed by atoms with E-state index in [9.17, 15) is 0 Å². The van der Waals surface area contributed by atoms with Gasteiger partial charge in [0.2, 0.25) is 0 Å². The molecule has 0 unspecified atom stereocenters. The molecule has 106 valence electrons. The van der Waals surface area contributed by atoms with Crippen molar-refractivity contribution in [2.75, 3.05) is 7.11 Å². The van der Waals surface area contributed by atoms with Gasteiger partial charge in [0, 0.05) is 23.3 Å². The number of ether oxygens (including phenoxy) is 1. The van der Waals surface area contributed by atoms with Crippen LogP contribution in [0.25, 0.3) is 32.9 Å². The Kier molecular flexibility index (Phi) is 2.93. The van der Waals surface area contributed by atoms with Gasteiger partial charge in [-0.15, -0.1) is 0 Å². The van der Waals surface area contributed by atoms with Gasteiger partial charge in [0.05, 0.1) is 18.3 Å². The number of nitrogens with zero attached hydrogens (tertiary/aromatic N) is 3. The quantitative estimate of drug-likeness (QED) is 0.562. The molecular formula is C18H13N3O. The molecule has 2 heterocycles. The second kappa shape index (κ2) is 5.07. The Morgan fingerprint density at radius 1 is 0.864 bits per heavy atom. The highest BCUT2D eigenvalue weighted by Gasteiger charge is 2.07. The van der Waals surface area contributed by atoms with Gasteiger partial charge in [0.15, 0.2) is 0 Å². The van der Waals surface area contributed by atoms with Gasteiger partial charge in [-0.3, -0.25) is 4.98 Å². The summed E-state index contributed by atoms with van der Waals surface area (Å²) in [5.41, 5.74) is 2.81. The molecule has 4 rings (SSSR count). The van der Waals surface area contributed by atoms with Crippen molar-refractivity contribution in [1.82, 2.24) is 15.0 Å². The molecule has 0 fully saturated rings.